The first kappa shape index (κ1) is 13.2. The lowest BCUT2D eigenvalue weighted by Crippen LogP contribution is -1.99. The van der Waals surface area contributed by atoms with Gasteiger partial charge in [-0.1, -0.05) is 30.3 Å². The predicted molar refractivity (Wildman–Crippen MR) is 85.0 cm³/mol. The molecule has 4 nitrogen and oxygen atoms in total. The van der Waals surface area contributed by atoms with Gasteiger partial charge in [0.25, 0.3) is 0 Å². The highest BCUT2D eigenvalue weighted by molar-refractivity contribution is 5.67. The second kappa shape index (κ2) is 5.71. The third kappa shape index (κ3) is 2.89. The van der Waals surface area contributed by atoms with Crippen molar-refractivity contribution in [3.8, 4) is 22.6 Å². The summed E-state index contributed by atoms with van der Waals surface area (Å²) in [6.07, 6.45) is 1.80. The van der Waals surface area contributed by atoms with Crippen LogP contribution in [0, 0.1) is 6.92 Å². The summed E-state index contributed by atoms with van der Waals surface area (Å²) in [5.74, 6) is 1.47. The number of benzene rings is 1. The maximum atomic E-state index is 4.66. The van der Waals surface area contributed by atoms with Gasteiger partial charge in [0, 0.05) is 36.1 Å². The maximum Gasteiger partial charge on any atom is 0.163 e. The molecule has 0 fully saturated rings. The standard InChI is InChI=1S/C17H16N4/c1-12-8-9-14(11-19-12)17-20-15(10-16(18-2)21-17)13-6-4-3-5-7-13/h3-11H,1-2H3,(H,18,20,21). The molecule has 0 spiro atoms. The quantitative estimate of drug-likeness (QED) is 0.794. The second-order valence-electron chi connectivity index (χ2n) is 4.77. The molecular weight excluding hydrogens is 260 g/mol. The molecular formula is C17H16N4. The van der Waals surface area contributed by atoms with Crippen LogP contribution in [-0.4, -0.2) is 22.0 Å². The highest BCUT2D eigenvalue weighted by atomic mass is 15.0. The number of anilines is 1. The van der Waals surface area contributed by atoms with Gasteiger partial charge >= 0.3 is 0 Å². The van der Waals surface area contributed by atoms with E-state index in [2.05, 4.69) is 20.3 Å². The van der Waals surface area contributed by atoms with Gasteiger partial charge in [-0.25, -0.2) is 9.97 Å². The minimum absolute atomic E-state index is 0.674. The molecule has 0 saturated heterocycles. The van der Waals surface area contributed by atoms with Gasteiger partial charge in [0.05, 0.1) is 5.69 Å². The molecule has 3 aromatic rings. The number of hydrogen-bond acceptors (Lipinski definition) is 4. The fourth-order valence-corrected chi connectivity index (χ4v) is 2.06. The molecule has 1 aromatic carbocycles. The number of rotatable bonds is 3. The first-order chi connectivity index (χ1) is 10.3. The van der Waals surface area contributed by atoms with Gasteiger partial charge in [-0.2, -0.15) is 0 Å². The van der Waals surface area contributed by atoms with Gasteiger partial charge in [-0.15, -0.1) is 0 Å². The Bertz CT molecular complexity index is 736. The molecule has 0 atom stereocenters. The summed E-state index contributed by atoms with van der Waals surface area (Å²) in [5, 5.41) is 3.09. The van der Waals surface area contributed by atoms with Crippen LogP contribution < -0.4 is 5.32 Å². The Morgan fingerprint density at radius 3 is 2.38 bits per heavy atom. The number of pyridine rings is 1. The van der Waals surface area contributed by atoms with E-state index in [1.807, 2.05) is 62.5 Å². The molecule has 2 heterocycles. The Hall–Kier alpha value is -2.75. The lowest BCUT2D eigenvalue weighted by molar-refractivity contribution is 1.14. The van der Waals surface area contributed by atoms with E-state index >= 15 is 0 Å². The van der Waals surface area contributed by atoms with E-state index in [1.54, 1.807) is 6.20 Å². The van der Waals surface area contributed by atoms with Crippen LogP contribution in [0.2, 0.25) is 0 Å². The highest BCUT2D eigenvalue weighted by Gasteiger charge is 2.08. The van der Waals surface area contributed by atoms with E-state index in [-0.39, 0.29) is 0 Å². The highest BCUT2D eigenvalue weighted by Crippen LogP contribution is 2.23. The van der Waals surface area contributed by atoms with E-state index in [4.69, 9.17) is 0 Å². The second-order valence-corrected chi connectivity index (χ2v) is 4.77. The first-order valence-corrected chi connectivity index (χ1v) is 6.81. The van der Waals surface area contributed by atoms with Crippen molar-refractivity contribution in [1.82, 2.24) is 15.0 Å². The van der Waals surface area contributed by atoms with E-state index in [0.717, 1.165) is 28.3 Å². The van der Waals surface area contributed by atoms with E-state index in [1.165, 1.54) is 0 Å². The minimum atomic E-state index is 0.674. The number of aryl methyl sites for hydroxylation is 1. The number of nitrogens with one attached hydrogen (secondary N) is 1. The number of nitrogens with zero attached hydrogens (tertiary/aromatic N) is 3. The summed E-state index contributed by atoms with van der Waals surface area (Å²) in [6.45, 7) is 1.96. The normalized spacial score (nSPS) is 10.4. The fourth-order valence-electron chi connectivity index (χ4n) is 2.06. The van der Waals surface area contributed by atoms with Crippen LogP contribution >= 0.6 is 0 Å². The molecule has 21 heavy (non-hydrogen) atoms. The lowest BCUT2D eigenvalue weighted by atomic mass is 10.1. The molecule has 4 heteroatoms. The zero-order valence-corrected chi connectivity index (χ0v) is 12.0. The minimum Gasteiger partial charge on any atom is -0.373 e. The third-order valence-corrected chi connectivity index (χ3v) is 3.22. The van der Waals surface area contributed by atoms with Crippen molar-refractivity contribution in [2.24, 2.45) is 0 Å². The van der Waals surface area contributed by atoms with E-state index < -0.39 is 0 Å². The molecule has 0 aliphatic rings. The van der Waals surface area contributed by atoms with Gasteiger partial charge in [0.15, 0.2) is 5.82 Å². The SMILES string of the molecule is CNc1cc(-c2ccccc2)nc(-c2ccc(C)nc2)n1. The van der Waals surface area contributed by atoms with Gasteiger partial charge in [0.1, 0.15) is 5.82 Å². The van der Waals surface area contributed by atoms with E-state index in [0.29, 0.717) is 5.82 Å². The fraction of sp³-hybridized carbons (Fsp3) is 0.118. The molecule has 0 aliphatic heterocycles. The molecule has 0 bridgehead atoms. The van der Waals surface area contributed by atoms with Crippen molar-refractivity contribution in [2.75, 3.05) is 12.4 Å². The Kier molecular flexibility index (Phi) is 3.60. The topological polar surface area (TPSA) is 50.7 Å². The smallest absolute Gasteiger partial charge is 0.163 e. The molecule has 0 saturated carbocycles. The van der Waals surface area contributed by atoms with Crippen molar-refractivity contribution >= 4 is 5.82 Å². The summed E-state index contributed by atoms with van der Waals surface area (Å²) in [4.78, 5) is 13.5. The van der Waals surface area contributed by atoms with Crippen LogP contribution in [0.1, 0.15) is 5.69 Å². The summed E-state index contributed by atoms with van der Waals surface area (Å²) in [6, 6.07) is 16.0. The van der Waals surface area contributed by atoms with Gasteiger partial charge < -0.3 is 5.32 Å². The largest absolute Gasteiger partial charge is 0.373 e. The van der Waals surface area contributed by atoms with Crippen molar-refractivity contribution in [2.45, 2.75) is 6.92 Å². The third-order valence-electron chi connectivity index (χ3n) is 3.22. The van der Waals surface area contributed by atoms with Crippen LogP contribution in [0.25, 0.3) is 22.6 Å². The van der Waals surface area contributed by atoms with Crippen molar-refractivity contribution in [1.29, 1.82) is 0 Å². The zero-order valence-electron chi connectivity index (χ0n) is 12.0. The number of aromatic nitrogens is 3. The van der Waals surface area contributed by atoms with Gasteiger partial charge in [-0.3, -0.25) is 4.98 Å². The van der Waals surface area contributed by atoms with Crippen LogP contribution in [0.5, 0.6) is 0 Å². The maximum absolute atomic E-state index is 4.66. The summed E-state index contributed by atoms with van der Waals surface area (Å²) in [5.41, 5.74) is 3.85. The summed E-state index contributed by atoms with van der Waals surface area (Å²) < 4.78 is 0. The van der Waals surface area contributed by atoms with Gasteiger partial charge in [-0.05, 0) is 19.1 Å². The predicted octanol–water partition coefficient (Wildman–Crippen LogP) is 3.56. The van der Waals surface area contributed by atoms with Crippen LogP contribution in [0.15, 0.2) is 54.7 Å². The molecule has 0 unspecified atom stereocenters. The van der Waals surface area contributed by atoms with E-state index in [9.17, 15) is 0 Å². The lowest BCUT2D eigenvalue weighted by Gasteiger charge is -2.08. The van der Waals surface area contributed by atoms with Crippen LogP contribution in [0.4, 0.5) is 5.82 Å². The Balaban J connectivity index is 2.11. The molecule has 1 N–H and O–H groups in total. The molecule has 0 aliphatic carbocycles. The number of hydrogen-bond donors (Lipinski definition) is 1. The molecule has 104 valence electrons. The Morgan fingerprint density at radius 2 is 1.71 bits per heavy atom. The van der Waals surface area contributed by atoms with Crippen molar-refractivity contribution in [3.63, 3.8) is 0 Å². The Morgan fingerprint density at radius 1 is 0.905 bits per heavy atom. The van der Waals surface area contributed by atoms with Crippen LogP contribution in [-0.2, 0) is 0 Å². The molecule has 2 aromatic heterocycles. The Labute approximate surface area is 123 Å². The molecule has 0 amide bonds. The summed E-state index contributed by atoms with van der Waals surface area (Å²) in [7, 11) is 1.86. The zero-order chi connectivity index (χ0) is 14.7. The van der Waals surface area contributed by atoms with Crippen molar-refractivity contribution < 1.29 is 0 Å². The average molecular weight is 276 g/mol. The van der Waals surface area contributed by atoms with Crippen LogP contribution in [0.3, 0.4) is 0 Å². The molecule has 0 radical (unpaired) electrons. The van der Waals surface area contributed by atoms with Gasteiger partial charge in [0.2, 0.25) is 0 Å². The first-order valence-electron chi connectivity index (χ1n) is 6.81. The van der Waals surface area contributed by atoms with Crippen molar-refractivity contribution in [3.05, 3.63) is 60.4 Å². The molecule has 3 rings (SSSR count). The monoisotopic (exact) mass is 276 g/mol. The average Bonchev–Trinajstić information content (AvgIpc) is 2.56. The summed E-state index contributed by atoms with van der Waals surface area (Å²) >= 11 is 0.